The summed E-state index contributed by atoms with van der Waals surface area (Å²) in [5.74, 6) is 0.0395. The zero-order valence-corrected chi connectivity index (χ0v) is 11.4. The number of ketones is 1. The Bertz CT molecular complexity index is 368. The monoisotopic (exact) mass is 388 g/mol. The number of halogens is 4. The fourth-order valence-corrected chi connectivity index (χ4v) is 2.03. The van der Waals surface area contributed by atoms with Crippen molar-refractivity contribution in [1.82, 2.24) is 0 Å². The fourth-order valence-electron chi connectivity index (χ4n) is 1.10. The van der Waals surface area contributed by atoms with E-state index in [1.165, 1.54) is 12.1 Å². The largest absolute Gasteiger partial charge is 0.298 e. The Hall–Kier alpha value is -0.0400. The van der Waals surface area contributed by atoms with Gasteiger partial charge in [0.15, 0.2) is 0 Å². The van der Waals surface area contributed by atoms with E-state index in [1.807, 2.05) is 22.6 Å². The predicted octanol–water partition coefficient (Wildman–Crippen LogP) is 3.74. The van der Waals surface area contributed by atoms with Crippen molar-refractivity contribution in [2.24, 2.45) is 0 Å². The van der Waals surface area contributed by atoms with Crippen LogP contribution in [0.5, 0.6) is 0 Å². The first-order chi connectivity index (χ1) is 7.04. The van der Waals surface area contributed by atoms with Gasteiger partial charge in [-0.25, -0.2) is 8.78 Å². The molecule has 0 fully saturated rings. The third kappa shape index (κ3) is 3.79. The zero-order valence-electron chi connectivity index (χ0n) is 7.64. The maximum absolute atomic E-state index is 12.3. The lowest BCUT2D eigenvalue weighted by Gasteiger charge is -2.05. The quantitative estimate of drug-likeness (QED) is 0.567. The van der Waals surface area contributed by atoms with E-state index >= 15 is 0 Å². The lowest BCUT2D eigenvalue weighted by atomic mass is 10.1. The van der Waals surface area contributed by atoms with Gasteiger partial charge in [0, 0.05) is 15.6 Å². The first kappa shape index (κ1) is 13.0. The van der Waals surface area contributed by atoms with E-state index in [2.05, 4.69) is 15.9 Å². The molecule has 1 rings (SSSR count). The molecule has 0 bridgehead atoms. The van der Waals surface area contributed by atoms with Gasteiger partial charge in [-0.3, -0.25) is 4.79 Å². The molecule has 1 nitrogen and oxygen atoms in total. The number of carbonyl (C=O) groups excluding carboxylic acids is 1. The van der Waals surface area contributed by atoms with Gasteiger partial charge >= 0.3 is 0 Å². The van der Waals surface area contributed by atoms with Gasteiger partial charge in [-0.05, 0) is 34.2 Å². The highest BCUT2D eigenvalue weighted by atomic mass is 127. The van der Waals surface area contributed by atoms with Crippen LogP contribution in [0.2, 0.25) is 0 Å². The Labute approximate surface area is 109 Å². The molecule has 0 aliphatic rings. The molecule has 0 saturated heterocycles. The number of hydrogen-bond donors (Lipinski definition) is 0. The molecule has 0 amide bonds. The lowest BCUT2D eigenvalue weighted by molar-refractivity contribution is -0.115. The average molecular weight is 389 g/mol. The highest BCUT2D eigenvalue weighted by molar-refractivity contribution is 14.1. The smallest absolute Gasteiger partial charge is 0.263 e. The van der Waals surface area contributed by atoms with Crippen LogP contribution >= 0.6 is 38.5 Å². The summed E-state index contributed by atoms with van der Waals surface area (Å²) in [6, 6.07) is 4.37. The molecule has 0 heterocycles. The molecule has 0 aliphatic heterocycles. The van der Waals surface area contributed by atoms with Crippen molar-refractivity contribution >= 4 is 44.3 Å². The number of alkyl halides is 3. The maximum Gasteiger partial charge on any atom is 0.263 e. The van der Waals surface area contributed by atoms with Crippen molar-refractivity contribution in [3.05, 3.63) is 32.9 Å². The molecule has 0 radical (unpaired) electrons. The van der Waals surface area contributed by atoms with Crippen LogP contribution in [0.4, 0.5) is 8.78 Å². The van der Waals surface area contributed by atoms with E-state index in [0.717, 1.165) is 5.56 Å². The van der Waals surface area contributed by atoms with Crippen molar-refractivity contribution in [2.45, 2.75) is 12.8 Å². The van der Waals surface area contributed by atoms with Crippen LogP contribution in [0.15, 0.2) is 18.2 Å². The summed E-state index contributed by atoms with van der Waals surface area (Å²) in [7, 11) is 0. The molecule has 0 spiro atoms. The molecule has 15 heavy (non-hydrogen) atoms. The van der Waals surface area contributed by atoms with Gasteiger partial charge in [-0.1, -0.05) is 28.1 Å². The van der Waals surface area contributed by atoms with Crippen molar-refractivity contribution in [3.8, 4) is 0 Å². The molecule has 82 valence electrons. The van der Waals surface area contributed by atoms with E-state index in [0.29, 0.717) is 8.90 Å². The molecule has 0 unspecified atom stereocenters. The van der Waals surface area contributed by atoms with Gasteiger partial charge in [0.05, 0.1) is 5.33 Å². The van der Waals surface area contributed by atoms with Crippen molar-refractivity contribution < 1.29 is 13.6 Å². The molecule has 1 aromatic rings. The standard InChI is InChI=1S/C10H8BrF2IO/c11-5-8(15)3-6-1-2-7(10(12)13)4-9(6)14/h1-2,4,10H,3,5H2. The van der Waals surface area contributed by atoms with E-state index in [-0.39, 0.29) is 17.8 Å². The Kier molecular flexibility index (Phi) is 5.11. The van der Waals surface area contributed by atoms with Gasteiger partial charge in [0.25, 0.3) is 6.43 Å². The number of hydrogen-bond acceptors (Lipinski definition) is 1. The summed E-state index contributed by atoms with van der Waals surface area (Å²) in [5, 5.41) is 0.291. The molecule has 1 aromatic carbocycles. The second-order valence-corrected chi connectivity index (χ2v) is 4.72. The second kappa shape index (κ2) is 5.89. The van der Waals surface area contributed by atoms with Crippen molar-refractivity contribution in [3.63, 3.8) is 0 Å². The van der Waals surface area contributed by atoms with Crippen LogP contribution in [0.25, 0.3) is 0 Å². The Morgan fingerprint density at radius 1 is 1.47 bits per heavy atom. The van der Waals surface area contributed by atoms with Gasteiger partial charge in [0.1, 0.15) is 5.78 Å². The Balaban J connectivity index is 2.88. The van der Waals surface area contributed by atoms with Gasteiger partial charge in [-0.15, -0.1) is 0 Å². The Morgan fingerprint density at radius 3 is 2.60 bits per heavy atom. The van der Waals surface area contributed by atoms with Gasteiger partial charge in [0.2, 0.25) is 0 Å². The first-order valence-corrected chi connectivity index (χ1v) is 6.38. The molecule has 0 aromatic heterocycles. The maximum atomic E-state index is 12.3. The molecular formula is C10H8BrF2IO. The summed E-state index contributed by atoms with van der Waals surface area (Å²) in [6.45, 7) is 0. The molecular weight excluding hydrogens is 381 g/mol. The van der Waals surface area contributed by atoms with Gasteiger partial charge in [-0.2, -0.15) is 0 Å². The van der Waals surface area contributed by atoms with Gasteiger partial charge < -0.3 is 0 Å². The summed E-state index contributed by atoms with van der Waals surface area (Å²) < 4.78 is 25.4. The third-order valence-corrected chi connectivity index (χ3v) is 3.50. The van der Waals surface area contributed by atoms with Crippen LogP contribution in [0.3, 0.4) is 0 Å². The molecule has 0 aliphatic carbocycles. The number of rotatable bonds is 4. The zero-order chi connectivity index (χ0) is 11.4. The van der Waals surface area contributed by atoms with Crippen LogP contribution < -0.4 is 0 Å². The van der Waals surface area contributed by atoms with Crippen LogP contribution in [0.1, 0.15) is 17.6 Å². The van der Waals surface area contributed by atoms with E-state index in [1.54, 1.807) is 6.07 Å². The minimum absolute atomic E-state index is 0.00515. The second-order valence-electron chi connectivity index (χ2n) is 3.00. The summed E-state index contributed by atoms with van der Waals surface area (Å²) in [5.41, 5.74) is 0.791. The summed E-state index contributed by atoms with van der Waals surface area (Å²) in [4.78, 5) is 11.2. The van der Waals surface area contributed by atoms with E-state index in [4.69, 9.17) is 0 Å². The van der Waals surface area contributed by atoms with Crippen LogP contribution in [-0.4, -0.2) is 11.1 Å². The first-order valence-electron chi connectivity index (χ1n) is 4.18. The SMILES string of the molecule is O=C(CBr)Cc1ccc(C(F)F)cc1I. The predicted molar refractivity (Wildman–Crippen MR) is 66.6 cm³/mol. The summed E-state index contributed by atoms with van der Waals surface area (Å²) in [6.07, 6.45) is -2.17. The molecule has 0 N–H and O–H groups in total. The van der Waals surface area contributed by atoms with E-state index in [9.17, 15) is 13.6 Å². The molecule has 0 atom stereocenters. The van der Waals surface area contributed by atoms with Crippen molar-refractivity contribution in [1.29, 1.82) is 0 Å². The fraction of sp³-hybridized carbons (Fsp3) is 0.300. The minimum Gasteiger partial charge on any atom is -0.298 e. The average Bonchev–Trinajstić information content (AvgIpc) is 2.20. The number of carbonyl (C=O) groups is 1. The number of Topliss-reactive ketones (excluding diaryl/α,β-unsaturated/α-hetero) is 1. The number of benzene rings is 1. The normalized spacial score (nSPS) is 10.7. The highest BCUT2D eigenvalue weighted by Crippen LogP contribution is 2.23. The van der Waals surface area contributed by atoms with Crippen LogP contribution in [-0.2, 0) is 11.2 Å². The summed E-state index contributed by atoms with van der Waals surface area (Å²) >= 11 is 5.03. The lowest BCUT2D eigenvalue weighted by Crippen LogP contribution is -2.05. The molecule has 0 saturated carbocycles. The van der Waals surface area contributed by atoms with E-state index < -0.39 is 6.43 Å². The highest BCUT2D eigenvalue weighted by Gasteiger charge is 2.11. The topological polar surface area (TPSA) is 17.1 Å². The minimum atomic E-state index is -2.46. The third-order valence-electron chi connectivity index (χ3n) is 1.87. The van der Waals surface area contributed by atoms with Crippen molar-refractivity contribution in [2.75, 3.05) is 5.33 Å². The Morgan fingerprint density at radius 2 is 2.13 bits per heavy atom. The van der Waals surface area contributed by atoms with Crippen LogP contribution in [0, 0.1) is 3.57 Å². The molecule has 5 heteroatoms.